The first-order chi connectivity index (χ1) is 10.7. The van der Waals surface area contributed by atoms with Crippen molar-refractivity contribution >= 4 is 5.91 Å². The average Bonchev–Trinajstić information content (AvgIpc) is 3.03. The Morgan fingerprint density at radius 3 is 2.77 bits per heavy atom. The molecule has 1 aromatic rings. The fourth-order valence-corrected chi connectivity index (χ4v) is 3.72. The van der Waals surface area contributed by atoms with Gasteiger partial charge in [-0.25, -0.2) is 0 Å². The molecular formula is C18H21N3O. The molecule has 3 aliphatic rings. The van der Waals surface area contributed by atoms with Gasteiger partial charge in [-0.2, -0.15) is 0 Å². The zero-order chi connectivity index (χ0) is 15.1. The van der Waals surface area contributed by atoms with Crippen molar-refractivity contribution < 1.29 is 4.79 Å². The van der Waals surface area contributed by atoms with Crippen LogP contribution in [0.3, 0.4) is 0 Å². The smallest absolute Gasteiger partial charge is 0.258 e. The van der Waals surface area contributed by atoms with Crippen molar-refractivity contribution in [2.24, 2.45) is 0 Å². The molecular weight excluding hydrogens is 274 g/mol. The molecule has 0 spiro atoms. The van der Waals surface area contributed by atoms with Crippen LogP contribution < -0.4 is 0 Å². The van der Waals surface area contributed by atoms with Crippen LogP contribution in [0.2, 0.25) is 0 Å². The Morgan fingerprint density at radius 1 is 1.14 bits per heavy atom. The number of nitrogens with zero attached hydrogens (tertiary/aromatic N) is 3. The predicted molar refractivity (Wildman–Crippen MR) is 85.5 cm³/mol. The van der Waals surface area contributed by atoms with Gasteiger partial charge in [0.05, 0.1) is 5.57 Å². The van der Waals surface area contributed by atoms with Crippen LogP contribution in [0.25, 0.3) is 0 Å². The molecule has 0 radical (unpaired) electrons. The van der Waals surface area contributed by atoms with Crippen molar-refractivity contribution in [3.8, 4) is 0 Å². The van der Waals surface area contributed by atoms with E-state index in [-0.39, 0.29) is 5.91 Å². The van der Waals surface area contributed by atoms with Gasteiger partial charge in [0, 0.05) is 45.3 Å². The van der Waals surface area contributed by atoms with Crippen molar-refractivity contribution in [3.63, 3.8) is 0 Å². The predicted octanol–water partition coefficient (Wildman–Crippen LogP) is 2.17. The van der Waals surface area contributed by atoms with Crippen molar-refractivity contribution in [1.29, 1.82) is 0 Å². The fourth-order valence-electron chi connectivity index (χ4n) is 3.72. The maximum absolute atomic E-state index is 12.7. The second kappa shape index (κ2) is 5.29. The van der Waals surface area contributed by atoms with Gasteiger partial charge < -0.3 is 4.90 Å². The average molecular weight is 295 g/mol. The number of fused-ring (bicyclic) bond motifs is 2. The summed E-state index contributed by atoms with van der Waals surface area (Å²) >= 11 is 0. The molecule has 0 aromatic heterocycles. The largest absolute Gasteiger partial charge is 0.331 e. The first kappa shape index (κ1) is 13.6. The van der Waals surface area contributed by atoms with E-state index in [9.17, 15) is 4.79 Å². The molecule has 1 amide bonds. The van der Waals surface area contributed by atoms with E-state index >= 15 is 0 Å². The van der Waals surface area contributed by atoms with E-state index in [0.29, 0.717) is 0 Å². The molecule has 4 nitrogen and oxygen atoms in total. The Hall–Kier alpha value is -2.07. The van der Waals surface area contributed by atoms with Gasteiger partial charge in [0.2, 0.25) is 0 Å². The highest BCUT2D eigenvalue weighted by molar-refractivity contribution is 5.97. The third-order valence-corrected chi connectivity index (χ3v) is 4.83. The van der Waals surface area contributed by atoms with Gasteiger partial charge in [-0.1, -0.05) is 30.3 Å². The first-order valence-electron chi connectivity index (χ1n) is 7.98. The number of carbonyl (C=O) groups excluding carboxylic acids is 1. The number of rotatable bonds is 2. The Morgan fingerprint density at radius 2 is 1.95 bits per heavy atom. The summed E-state index contributed by atoms with van der Waals surface area (Å²) in [6.07, 6.45) is 4.19. The number of likely N-dealkylation sites (N-methyl/N-ethyl adjacent to an activating group) is 1. The quantitative estimate of drug-likeness (QED) is 0.836. The number of benzene rings is 1. The third kappa shape index (κ3) is 2.15. The van der Waals surface area contributed by atoms with Gasteiger partial charge in [-0.3, -0.25) is 14.6 Å². The molecule has 0 saturated carbocycles. The highest BCUT2D eigenvalue weighted by Gasteiger charge is 2.37. The molecule has 0 unspecified atom stereocenters. The zero-order valence-corrected chi connectivity index (χ0v) is 13.0. The van der Waals surface area contributed by atoms with Crippen LogP contribution in [0.15, 0.2) is 53.5 Å². The lowest BCUT2D eigenvalue weighted by atomic mass is 10.0. The number of hydrogen-bond acceptors (Lipinski definition) is 3. The highest BCUT2D eigenvalue weighted by atomic mass is 16.2. The zero-order valence-electron chi connectivity index (χ0n) is 13.0. The molecule has 3 heterocycles. The van der Waals surface area contributed by atoms with E-state index in [1.807, 2.05) is 18.0 Å². The maximum atomic E-state index is 12.7. The SMILES string of the molecule is CN1C(=O)C2=C(CCN(Cc3ccccc3)C2)N2CCC=C12. The molecule has 4 heteroatoms. The Balaban J connectivity index is 1.58. The summed E-state index contributed by atoms with van der Waals surface area (Å²) in [6.45, 7) is 3.72. The van der Waals surface area contributed by atoms with E-state index in [1.165, 1.54) is 11.3 Å². The Kier molecular flexibility index (Phi) is 3.26. The van der Waals surface area contributed by atoms with Gasteiger partial charge >= 0.3 is 0 Å². The lowest BCUT2D eigenvalue weighted by Gasteiger charge is -2.42. The number of carbonyl (C=O) groups is 1. The summed E-state index contributed by atoms with van der Waals surface area (Å²) in [5.74, 6) is 1.26. The highest BCUT2D eigenvalue weighted by Crippen LogP contribution is 2.35. The van der Waals surface area contributed by atoms with Gasteiger partial charge in [0.1, 0.15) is 5.82 Å². The molecule has 0 aliphatic carbocycles. The van der Waals surface area contributed by atoms with Crippen molar-refractivity contribution in [2.75, 3.05) is 26.7 Å². The molecule has 0 atom stereocenters. The molecule has 22 heavy (non-hydrogen) atoms. The summed E-state index contributed by atoms with van der Waals surface area (Å²) in [7, 11) is 1.90. The summed E-state index contributed by atoms with van der Waals surface area (Å²) in [5.41, 5.74) is 3.56. The summed E-state index contributed by atoms with van der Waals surface area (Å²) in [4.78, 5) is 19.2. The van der Waals surface area contributed by atoms with Crippen LogP contribution in [0.1, 0.15) is 18.4 Å². The monoisotopic (exact) mass is 295 g/mol. The number of hydrogen-bond donors (Lipinski definition) is 0. The van der Waals surface area contributed by atoms with Crippen LogP contribution in [-0.2, 0) is 11.3 Å². The van der Waals surface area contributed by atoms with Crippen LogP contribution in [0.4, 0.5) is 0 Å². The van der Waals surface area contributed by atoms with E-state index in [4.69, 9.17) is 0 Å². The van der Waals surface area contributed by atoms with E-state index < -0.39 is 0 Å². The van der Waals surface area contributed by atoms with Gasteiger partial charge in [0.15, 0.2) is 0 Å². The molecule has 114 valence electrons. The maximum Gasteiger partial charge on any atom is 0.258 e. The fraction of sp³-hybridized carbons (Fsp3) is 0.389. The second-order valence-corrected chi connectivity index (χ2v) is 6.24. The third-order valence-electron chi connectivity index (χ3n) is 4.83. The van der Waals surface area contributed by atoms with Crippen molar-refractivity contribution in [1.82, 2.24) is 14.7 Å². The van der Waals surface area contributed by atoms with Crippen molar-refractivity contribution in [2.45, 2.75) is 19.4 Å². The Bertz CT molecular complexity index is 662. The normalized spacial score (nSPS) is 21.9. The molecule has 0 saturated heterocycles. The van der Waals surface area contributed by atoms with Crippen molar-refractivity contribution in [3.05, 3.63) is 59.1 Å². The molecule has 0 bridgehead atoms. The van der Waals surface area contributed by atoms with Gasteiger partial charge in [0.25, 0.3) is 5.91 Å². The number of amides is 1. The molecule has 4 rings (SSSR count). The van der Waals surface area contributed by atoms with E-state index in [1.54, 1.807) is 0 Å². The summed E-state index contributed by atoms with van der Waals surface area (Å²) in [6, 6.07) is 10.5. The topological polar surface area (TPSA) is 26.8 Å². The van der Waals surface area contributed by atoms with Crippen LogP contribution in [0, 0.1) is 0 Å². The molecule has 3 aliphatic heterocycles. The minimum Gasteiger partial charge on any atom is -0.331 e. The molecule has 0 N–H and O–H groups in total. The minimum absolute atomic E-state index is 0.178. The lowest BCUT2D eigenvalue weighted by Crippen LogP contribution is -2.47. The first-order valence-corrected chi connectivity index (χ1v) is 7.98. The van der Waals surface area contributed by atoms with Crippen LogP contribution in [-0.4, -0.2) is 47.3 Å². The standard InChI is InChI=1S/C18H21N3O/c1-19-17-8-5-10-21(17)16-9-11-20(13-15(16)18(19)22)12-14-6-3-2-4-7-14/h2-4,6-8H,5,9-13H2,1H3. The van der Waals surface area contributed by atoms with E-state index in [0.717, 1.165) is 50.4 Å². The second-order valence-electron chi connectivity index (χ2n) is 6.24. The molecule has 1 aromatic carbocycles. The summed E-state index contributed by atoms with van der Waals surface area (Å²) in [5, 5.41) is 0. The minimum atomic E-state index is 0.178. The lowest BCUT2D eigenvalue weighted by molar-refractivity contribution is -0.126. The summed E-state index contributed by atoms with van der Waals surface area (Å²) < 4.78 is 0. The van der Waals surface area contributed by atoms with Gasteiger partial charge in [-0.05, 0) is 18.1 Å². The van der Waals surface area contributed by atoms with Crippen LogP contribution in [0.5, 0.6) is 0 Å². The molecule has 0 fully saturated rings. The van der Waals surface area contributed by atoms with E-state index in [2.05, 4.69) is 40.1 Å². The van der Waals surface area contributed by atoms with Gasteiger partial charge in [-0.15, -0.1) is 0 Å². The Labute approximate surface area is 131 Å². The van der Waals surface area contributed by atoms with Crippen LogP contribution >= 0.6 is 0 Å².